The third-order valence-electron chi connectivity index (χ3n) is 7.63. The average Bonchev–Trinajstić information content (AvgIpc) is 3.38. The van der Waals surface area contributed by atoms with Crippen LogP contribution in [-0.4, -0.2) is 49.1 Å². The zero-order valence-electron chi connectivity index (χ0n) is 24.7. The van der Waals surface area contributed by atoms with Crippen molar-refractivity contribution in [3.8, 4) is 11.6 Å². The fraction of sp³-hybridized carbons (Fsp3) is 0.323. The summed E-state index contributed by atoms with van der Waals surface area (Å²) < 4.78 is 43.6. The van der Waals surface area contributed by atoms with Gasteiger partial charge in [0.1, 0.15) is 0 Å². The highest BCUT2D eigenvalue weighted by Crippen LogP contribution is 2.36. The van der Waals surface area contributed by atoms with Crippen LogP contribution in [0, 0.1) is 6.92 Å². The maximum absolute atomic E-state index is 14.2. The summed E-state index contributed by atoms with van der Waals surface area (Å²) in [6, 6.07) is 11.3. The van der Waals surface area contributed by atoms with Crippen LogP contribution in [0.1, 0.15) is 75.6 Å². The van der Waals surface area contributed by atoms with E-state index in [0.717, 1.165) is 11.8 Å². The van der Waals surface area contributed by atoms with Gasteiger partial charge in [-0.15, -0.1) is 0 Å². The lowest BCUT2D eigenvalue weighted by Gasteiger charge is -2.34. The molecule has 0 saturated carbocycles. The third-order valence-corrected chi connectivity index (χ3v) is 8.32. The lowest BCUT2D eigenvalue weighted by Crippen LogP contribution is -2.46. The molecule has 230 valence electrons. The Morgan fingerprint density at radius 3 is 2.34 bits per heavy atom. The lowest BCUT2D eigenvalue weighted by molar-refractivity contribution is -0.138. The normalized spacial score (nSPS) is 15.0. The number of nitrogens with one attached hydrogen (secondary N) is 1. The van der Waals surface area contributed by atoms with Crippen molar-refractivity contribution in [1.82, 2.24) is 29.5 Å². The first kappa shape index (κ1) is 31.2. The second kappa shape index (κ2) is 11.7. The zero-order chi connectivity index (χ0) is 32.1. The molecular weight excluding hydrogens is 641 g/mol. The number of amides is 2. The van der Waals surface area contributed by atoms with E-state index in [2.05, 4.69) is 26.3 Å². The second-order valence-corrected chi connectivity index (χ2v) is 11.9. The molecule has 44 heavy (non-hydrogen) atoms. The van der Waals surface area contributed by atoms with E-state index in [9.17, 15) is 27.6 Å². The fourth-order valence-corrected chi connectivity index (χ4v) is 5.80. The summed E-state index contributed by atoms with van der Waals surface area (Å²) in [5.41, 5.74) is 1.70. The molecule has 0 aliphatic carbocycles. The molecule has 1 aliphatic rings. The maximum atomic E-state index is 14.2. The number of aromatic nitrogens is 4. The first-order valence-electron chi connectivity index (χ1n) is 13.9. The van der Waals surface area contributed by atoms with Gasteiger partial charge < -0.3 is 10.2 Å². The first-order valence-corrected chi connectivity index (χ1v) is 14.7. The van der Waals surface area contributed by atoms with Crippen molar-refractivity contribution in [3.05, 3.63) is 103 Å². The van der Waals surface area contributed by atoms with Crippen LogP contribution < -0.4 is 10.9 Å². The number of hydrogen-bond acceptors (Lipinski definition) is 5. The molecule has 9 nitrogen and oxygen atoms in total. The summed E-state index contributed by atoms with van der Waals surface area (Å²) in [5.74, 6) is -0.657. The van der Waals surface area contributed by atoms with Gasteiger partial charge in [-0.2, -0.15) is 18.3 Å². The molecule has 2 amide bonds. The molecule has 3 heterocycles. The number of carbonyl (C=O) groups is 2. The number of aryl methyl sites for hydroxylation is 1. The van der Waals surface area contributed by atoms with Crippen LogP contribution in [0.3, 0.4) is 0 Å². The molecular formula is C31H30BrF3N6O3. The Kier molecular flexibility index (Phi) is 8.27. The molecule has 0 bridgehead atoms. The van der Waals surface area contributed by atoms with Crippen LogP contribution in [0.5, 0.6) is 0 Å². The van der Waals surface area contributed by atoms with Crippen LogP contribution in [0.4, 0.5) is 13.2 Å². The SMILES string of the molecule is CNC(=O)c1ccc(-n2c(-n3nc(C)cc3C(C)C)nc3c(c2=O)CC(C)N(C(=O)c2ccc(Br)c(C(F)(F)F)c2)C3)cc1. The van der Waals surface area contributed by atoms with E-state index in [1.54, 1.807) is 35.9 Å². The van der Waals surface area contributed by atoms with Crippen molar-refractivity contribution in [1.29, 1.82) is 0 Å². The van der Waals surface area contributed by atoms with Gasteiger partial charge in [0.25, 0.3) is 17.4 Å². The minimum absolute atomic E-state index is 0.0199. The molecule has 0 saturated heterocycles. The predicted octanol–water partition coefficient (Wildman–Crippen LogP) is 5.58. The molecule has 5 rings (SSSR count). The Hall–Kier alpha value is -4.26. The van der Waals surface area contributed by atoms with Crippen molar-refractivity contribution < 1.29 is 22.8 Å². The summed E-state index contributed by atoms with van der Waals surface area (Å²) in [6.45, 7) is 7.47. The van der Waals surface area contributed by atoms with Crippen LogP contribution >= 0.6 is 15.9 Å². The van der Waals surface area contributed by atoms with E-state index in [1.807, 2.05) is 26.8 Å². The molecule has 0 radical (unpaired) electrons. The standard InChI is InChI=1S/C31H30BrF3N6O3/c1-16(2)26-12-17(3)38-41(26)30-37-25-15-39(28(43)20-8-11-24(32)23(14-20)31(33,34)35)18(4)13-22(25)29(44)40(30)21-9-6-19(7-10-21)27(42)36-5/h6-12,14,16,18H,13,15H2,1-5H3,(H,36,42). The highest BCUT2D eigenvalue weighted by molar-refractivity contribution is 9.10. The minimum Gasteiger partial charge on any atom is -0.355 e. The van der Waals surface area contributed by atoms with Crippen molar-refractivity contribution >= 4 is 27.7 Å². The first-order chi connectivity index (χ1) is 20.7. The van der Waals surface area contributed by atoms with Crippen LogP contribution in [0.25, 0.3) is 11.6 Å². The zero-order valence-corrected chi connectivity index (χ0v) is 26.2. The van der Waals surface area contributed by atoms with Gasteiger partial charge in [0, 0.05) is 34.3 Å². The molecule has 1 unspecified atom stereocenters. The van der Waals surface area contributed by atoms with E-state index in [4.69, 9.17) is 4.98 Å². The topological polar surface area (TPSA) is 102 Å². The van der Waals surface area contributed by atoms with Crippen LogP contribution in [0.15, 0.2) is 57.8 Å². The highest BCUT2D eigenvalue weighted by atomic mass is 79.9. The van der Waals surface area contributed by atoms with Gasteiger partial charge >= 0.3 is 6.18 Å². The van der Waals surface area contributed by atoms with E-state index < -0.39 is 23.7 Å². The molecule has 0 spiro atoms. The Morgan fingerprint density at radius 1 is 1.07 bits per heavy atom. The molecule has 1 N–H and O–H groups in total. The van der Waals surface area contributed by atoms with E-state index in [1.165, 1.54) is 28.6 Å². The molecule has 1 atom stereocenters. The average molecular weight is 672 g/mol. The van der Waals surface area contributed by atoms with E-state index in [-0.39, 0.29) is 46.3 Å². The molecule has 2 aromatic heterocycles. The van der Waals surface area contributed by atoms with Crippen LogP contribution in [-0.2, 0) is 19.1 Å². The second-order valence-electron chi connectivity index (χ2n) is 11.1. The third kappa shape index (κ3) is 5.68. The maximum Gasteiger partial charge on any atom is 0.417 e. The van der Waals surface area contributed by atoms with Crippen LogP contribution in [0.2, 0.25) is 0 Å². The molecule has 2 aromatic carbocycles. The Labute approximate surface area is 259 Å². The number of benzene rings is 2. The van der Waals surface area contributed by atoms with Gasteiger partial charge in [-0.25, -0.2) is 14.2 Å². The highest BCUT2D eigenvalue weighted by Gasteiger charge is 2.36. The number of nitrogens with zero attached hydrogens (tertiary/aromatic N) is 5. The lowest BCUT2D eigenvalue weighted by atomic mass is 9.98. The quantitative estimate of drug-likeness (QED) is 0.299. The summed E-state index contributed by atoms with van der Waals surface area (Å²) in [7, 11) is 1.53. The summed E-state index contributed by atoms with van der Waals surface area (Å²) in [5, 5.41) is 7.21. The van der Waals surface area contributed by atoms with Crippen molar-refractivity contribution in [2.24, 2.45) is 0 Å². The number of fused-ring (bicyclic) bond motifs is 1. The van der Waals surface area contributed by atoms with E-state index in [0.29, 0.717) is 28.2 Å². The van der Waals surface area contributed by atoms with Gasteiger partial charge in [0.05, 0.1) is 34.9 Å². The molecule has 1 aliphatic heterocycles. The van der Waals surface area contributed by atoms with Gasteiger partial charge in [0.2, 0.25) is 5.95 Å². The number of hydrogen-bond donors (Lipinski definition) is 1. The Morgan fingerprint density at radius 2 is 1.73 bits per heavy atom. The summed E-state index contributed by atoms with van der Waals surface area (Å²) in [6.07, 6.45) is -4.51. The number of rotatable bonds is 5. The van der Waals surface area contributed by atoms with Gasteiger partial charge in [-0.1, -0.05) is 29.8 Å². The summed E-state index contributed by atoms with van der Waals surface area (Å²) in [4.78, 5) is 46.3. The van der Waals surface area contributed by atoms with Crippen molar-refractivity contribution in [2.45, 2.75) is 58.8 Å². The summed E-state index contributed by atoms with van der Waals surface area (Å²) >= 11 is 2.92. The number of carbonyl (C=O) groups excluding carboxylic acids is 2. The Bertz CT molecular complexity index is 1830. The predicted molar refractivity (Wildman–Crippen MR) is 161 cm³/mol. The van der Waals surface area contributed by atoms with Crippen molar-refractivity contribution in [3.63, 3.8) is 0 Å². The minimum atomic E-state index is -4.65. The van der Waals surface area contributed by atoms with Gasteiger partial charge in [-0.3, -0.25) is 14.4 Å². The molecule has 0 fully saturated rings. The fourth-order valence-electron chi connectivity index (χ4n) is 5.33. The van der Waals surface area contributed by atoms with Crippen molar-refractivity contribution in [2.75, 3.05) is 7.05 Å². The molecule has 4 aromatic rings. The Balaban J connectivity index is 1.65. The smallest absolute Gasteiger partial charge is 0.355 e. The molecule has 13 heteroatoms. The number of alkyl halides is 3. The monoisotopic (exact) mass is 670 g/mol. The largest absolute Gasteiger partial charge is 0.417 e. The van der Waals surface area contributed by atoms with E-state index >= 15 is 0 Å². The van der Waals surface area contributed by atoms with Gasteiger partial charge in [-0.05, 0) is 74.7 Å². The van der Waals surface area contributed by atoms with Gasteiger partial charge in [0.15, 0.2) is 0 Å². The number of halogens is 4.